The Morgan fingerprint density at radius 1 is 1.53 bits per heavy atom. The number of pyridine rings is 1. The van der Waals surface area contributed by atoms with Gasteiger partial charge in [0.25, 0.3) is 0 Å². The summed E-state index contributed by atoms with van der Waals surface area (Å²) in [5.74, 6) is 1.90. The predicted octanol–water partition coefficient (Wildman–Crippen LogP) is 2.40. The molecule has 1 aromatic heterocycles. The van der Waals surface area contributed by atoms with Crippen molar-refractivity contribution in [1.82, 2.24) is 4.98 Å². The zero-order valence-electron chi connectivity index (χ0n) is 10.2. The average molecular weight is 230 g/mol. The smallest absolute Gasteiger partial charge is 0.131 e. The lowest BCUT2D eigenvalue weighted by atomic mass is 10.3. The molecule has 0 unspecified atom stereocenters. The first-order chi connectivity index (χ1) is 8.35. The zero-order chi connectivity index (χ0) is 12.1. The maximum atomic E-state index is 8.69. The van der Waals surface area contributed by atoms with Gasteiger partial charge >= 0.3 is 0 Å². The van der Waals surface area contributed by atoms with Crippen LogP contribution in [0, 0.1) is 11.3 Å². The standard InChI is InChI=1S/C13H18N4/c1-2-15-12-5-3-6-13(16-12)17(10-4-9-14)11-7-8-11/h3,5-6,11H,2,4,7-8,10H2,1H3,(H,15,16). The van der Waals surface area contributed by atoms with Crippen molar-refractivity contribution in [3.63, 3.8) is 0 Å². The largest absolute Gasteiger partial charge is 0.370 e. The third-order valence-corrected chi connectivity index (χ3v) is 2.84. The van der Waals surface area contributed by atoms with E-state index in [-0.39, 0.29) is 0 Å². The lowest BCUT2D eigenvalue weighted by molar-refractivity contribution is 0.778. The van der Waals surface area contributed by atoms with Crippen LogP contribution in [0.5, 0.6) is 0 Å². The molecular formula is C13H18N4. The lowest BCUT2D eigenvalue weighted by Gasteiger charge is -2.22. The molecule has 1 saturated carbocycles. The van der Waals surface area contributed by atoms with E-state index in [1.807, 2.05) is 18.2 Å². The Morgan fingerprint density at radius 2 is 2.35 bits per heavy atom. The number of anilines is 2. The van der Waals surface area contributed by atoms with Crippen LogP contribution in [0.3, 0.4) is 0 Å². The maximum Gasteiger partial charge on any atom is 0.131 e. The number of hydrogen-bond donors (Lipinski definition) is 1. The first-order valence-electron chi connectivity index (χ1n) is 6.19. The Hall–Kier alpha value is -1.76. The Balaban J connectivity index is 2.11. The van der Waals surface area contributed by atoms with Gasteiger partial charge in [-0.3, -0.25) is 0 Å². The van der Waals surface area contributed by atoms with Crippen molar-refractivity contribution in [3.8, 4) is 6.07 Å². The van der Waals surface area contributed by atoms with Crippen molar-refractivity contribution in [2.45, 2.75) is 32.2 Å². The summed E-state index contributed by atoms with van der Waals surface area (Å²) in [7, 11) is 0. The first kappa shape index (κ1) is 11.7. The summed E-state index contributed by atoms with van der Waals surface area (Å²) in [6.07, 6.45) is 3.00. The van der Waals surface area contributed by atoms with Crippen molar-refractivity contribution in [2.24, 2.45) is 0 Å². The molecule has 1 N–H and O–H groups in total. The summed E-state index contributed by atoms with van der Waals surface area (Å²) in [5, 5.41) is 11.9. The summed E-state index contributed by atoms with van der Waals surface area (Å²) in [4.78, 5) is 6.84. The molecule has 90 valence electrons. The van der Waals surface area contributed by atoms with Crippen molar-refractivity contribution in [1.29, 1.82) is 5.26 Å². The molecule has 2 rings (SSSR count). The van der Waals surface area contributed by atoms with Gasteiger partial charge in [-0.2, -0.15) is 5.26 Å². The number of hydrogen-bond acceptors (Lipinski definition) is 4. The summed E-state index contributed by atoms with van der Waals surface area (Å²) in [5.41, 5.74) is 0. The van der Waals surface area contributed by atoms with Crippen LogP contribution in [0.25, 0.3) is 0 Å². The molecule has 0 aliphatic heterocycles. The van der Waals surface area contributed by atoms with E-state index in [4.69, 9.17) is 5.26 Å². The van der Waals surface area contributed by atoms with Crippen LogP contribution in [0.1, 0.15) is 26.2 Å². The van der Waals surface area contributed by atoms with E-state index in [0.29, 0.717) is 12.5 Å². The van der Waals surface area contributed by atoms with E-state index in [1.165, 1.54) is 12.8 Å². The van der Waals surface area contributed by atoms with Gasteiger partial charge in [-0.15, -0.1) is 0 Å². The van der Waals surface area contributed by atoms with Gasteiger partial charge in [-0.25, -0.2) is 4.98 Å². The van der Waals surface area contributed by atoms with Crippen LogP contribution in [0.2, 0.25) is 0 Å². The van der Waals surface area contributed by atoms with E-state index in [1.54, 1.807) is 0 Å². The monoisotopic (exact) mass is 230 g/mol. The normalized spacial score (nSPS) is 14.1. The molecule has 4 nitrogen and oxygen atoms in total. The third kappa shape index (κ3) is 3.10. The molecule has 0 aromatic carbocycles. The third-order valence-electron chi connectivity index (χ3n) is 2.84. The lowest BCUT2D eigenvalue weighted by Crippen LogP contribution is -2.27. The number of nitrogens with zero attached hydrogens (tertiary/aromatic N) is 3. The molecule has 0 radical (unpaired) electrons. The molecular weight excluding hydrogens is 212 g/mol. The number of rotatable bonds is 6. The second-order valence-corrected chi connectivity index (χ2v) is 4.24. The number of nitriles is 1. The minimum atomic E-state index is 0.559. The highest BCUT2D eigenvalue weighted by Gasteiger charge is 2.29. The molecule has 0 atom stereocenters. The molecule has 4 heteroatoms. The second-order valence-electron chi connectivity index (χ2n) is 4.24. The van der Waals surface area contributed by atoms with Gasteiger partial charge in [-0.1, -0.05) is 6.07 Å². The predicted molar refractivity (Wildman–Crippen MR) is 69.0 cm³/mol. The van der Waals surface area contributed by atoms with Gasteiger partial charge in [0.05, 0.1) is 12.5 Å². The molecule has 0 saturated heterocycles. The Morgan fingerprint density at radius 3 is 3.00 bits per heavy atom. The Labute approximate surface area is 102 Å². The van der Waals surface area contributed by atoms with Crippen LogP contribution in [-0.4, -0.2) is 24.1 Å². The summed E-state index contributed by atoms with van der Waals surface area (Å²) >= 11 is 0. The summed E-state index contributed by atoms with van der Waals surface area (Å²) in [6.45, 7) is 3.71. The van der Waals surface area contributed by atoms with Crippen LogP contribution in [0.4, 0.5) is 11.6 Å². The number of nitrogens with one attached hydrogen (secondary N) is 1. The SMILES string of the molecule is CCNc1cccc(N(CCC#N)C2CC2)n1. The second kappa shape index (κ2) is 5.53. The quantitative estimate of drug-likeness (QED) is 0.815. The minimum Gasteiger partial charge on any atom is -0.370 e. The molecule has 1 aromatic rings. The van der Waals surface area contributed by atoms with Gasteiger partial charge in [-0.05, 0) is 31.9 Å². The van der Waals surface area contributed by atoms with Gasteiger partial charge in [0.15, 0.2) is 0 Å². The highest BCUT2D eigenvalue weighted by Crippen LogP contribution is 2.31. The highest BCUT2D eigenvalue weighted by atomic mass is 15.2. The molecule has 17 heavy (non-hydrogen) atoms. The molecule has 1 heterocycles. The molecule has 1 aliphatic rings. The van der Waals surface area contributed by atoms with Crippen LogP contribution in [0.15, 0.2) is 18.2 Å². The summed E-state index contributed by atoms with van der Waals surface area (Å²) < 4.78 is 0. The fourth-order valence-corrected chi connectivity index (χ4v) is 1.90. The molecule has 1 aliphatic carbocycles. The van der Waals surface area contributed by atoms with Gasteiger partial charge in [0.2, 0.25) is 0 Å². The molecule has 0 bridgehead atoms. The van der Waals surface area contributed by atoms with E-state index in [9.17, 15) is 0 Å². The van der Waals surface area contributed by atoms with E-state index >= 15 is 0 Å². The topological polar surface area (TPSA) is 52.0 Å². The van der Waals surface area contributed by atoms with Crippen molar-refractivity contribution in [2.75, 3.05) is 23.3 Å². The van der Waals surface area contributed by atoms with Crippen molar-refractivity contribution < 1.29 is 0 Å². The van der Waals surface area contributed by atoms with Crippen LogP contribution < -0.4 is 10.2 Å². The Kier molecular flexibility index (Phi) is 3.81. The Bertz CT molecular complexity index is 406. The average Bonchev–Trinajstić information content (AvgIpc) is 3.15. The maximum absolute atomic E-state index is 8.69. The highest BCUT2D eigenvalue weighted by molar-refractivity contribution is 5.48. The fourth-order valence-electron chi connectivity index (χ4n) is 1.90. The molecule has 0 spiro atoms. The van der Waals surface area contributed by atoms with E-state index in [0.717, 1.165) is 24.7 Å². The summed E-state index contributed by atoms with van der Waals surface area (Å²) in [6, 6.07) is 8.81. The van der Waals surface area contributed by atoms with E-state index < -0.39 is 0 Å². The zero-order valence-corrected chi connectivity index (χ0v) is 10.2. The minimum absolute atomic E-state index is 0.559. The van der Waals surface area contributed by atoms with Gasteiger partial charge < -0.3 is 10.2 Å². The van der Waals surface area contributed by atoms with Gasteiger partial charge in [0, 0.05) is 19.1 Å². The fraction of sp³-hybridized carbons (Fsp3) is 0.538. The van der Waals surface area contributed by atoms with Crippen molar-refractivity contribution in [3.05, 3.63) is 18.2 Å². The van der Waals surface area contributed by atoms with Crippen molar-refractivity contribution >= 4 is 11.6 Å². The van der Waals surface area contributed by atoms with Crippen LogP contribution >= 0.6 is 0 Å². The van der Waals surface area contributed by atoms with E-state index in [2.05, 4.69) is 28.2 Å². The molecule has 1 fully saturated rings. The molecule has 0 amide bonds. The van der Waals surface area contributed by atoms with Gasteiger partial charge in [0.1, 0.15) is 11.6 Å². The number of aromatic nitrogens is 1. The first-order valence-corrected chi connectivity index (χ1v) is 6.19. The van der Waals surface area contributed by atoms with Crippen LogP contribution in [-0.2, 0) is 0 Å².